The molecule has 180 valence electrons. The molecule has 11 heteroatoms. The Hall–Kier alpha value is -4.15. The van der Waals surface area contributed by atoms with Crippen LogP contribution in [0.4, 0.5) is 5.69 Å². The topological polar surface area (TPSA) is 150 Å². The number of benzene rings is 1. The van der Waals surface area contributed by atoms with Crippen LogP contribution in [0.1, 0.15) is 30.5 Å². The fraction of sp³-hybridized carbons (Fsp3) is 0.348. The first-order valence-electron chi connectivity index (χ1n) is 10.9. The number of hydrogen-bond donors (Lipinski definition) is 3. The van der Waals surface area contributed by atoms with Gasteiger partial charge in [0, 0.05) is 36.7 Å². The predicted molar refractivity (Wildman–Crippen MR) is 124 cm³/mol. The first kappa shape index (κ1) is 24.5. The standard InChI is InChI=1S/C23H28N6O5/c1-2-34-22(32)12-19(17-4-3-9-25-13-17)26-20(30)14-29-11-10-28(15-21(29)31)18-7-5-16(6-8-18)23(24)27-33/h3-9,13,19,33H,2,10-12,14-15H2,1H3,(H2,24,27)(H,26,30). The van der Waals surface area contributed by atoms with Gasteiger partial charge in [0.15, 0.2) is 5.84 Å². The summed E-state index contributed by atoms with van der Waals surface area (Å²) in [6.07, 6.45) is 3.15. The van der Waals surface area contributed by atoms with E-state index in [1.165, 1.54) is 4.90 Å². The number of pyridine rings is 1. The maximum atomic E-state index is 12.7. The van der Waals surface area contributed by atoms with E-state index in [4.69, 9.17) is 15.7 Å². The Balaban J connectivity index is 1.58. The van der Waals surface area contributed by atoms with Crippen molar-refractivity contribution in [3.63, 3.8) is 0 Å². The number of nitrogens with zero attached hydrogens (tertiary/aromatic N) is 4. The Morgan fingerprint density at radius 1 is 1.26 bits per heavy atom. The first-order valence-corrected chi connectivity index (χ1v) is 10.9. The number of nitrogens with two attached hydrogens (primary N) is 1. The normalized spacial score (nSPS) is 15.1. The molecule has 3 rings (SSSR count). The molecule has 0 aliphatic carbocycles. The number of aromatic nitrogens is 1. The highest BCUT2D eigenvalue weighted by Crippen LogP contribution is 2.19. The molecule has 2 amide bonds. The Kier molecular flexibility index (Phi) is 8.38. The van der Waals surface area contributed by atoms with Crippen molar-refractivity contribution >= 4 is 29.3 Å². The van der Waals surface area contributed by atoms with Crippen LogP contribution in [0.15, 0.2) is 53.9 Å². The van der Waals surface area contributed by atoms with Gasteiger partial charge in [0.25, 0.3) is 0 Å². The second-order valence-corrected chi connectivity index (χ2v) is 7.68. The summed E-state index contributed by atoms with van der Waals surface area (Å²) < 4.78 is 5.02. The minimum atomic E-state index is -0.606. The molecule has 2 heterocycles. The third-order valence-corrected chi connectivity index (χ3v) is 5.39. The van der Waals surface area contributed by atoms with Crippen LogP contribution in [0.5, 0.6) is 0 Å². The Morgan fingerprint density at radius 2 is 2.03 bits per heavy atom. The van der Waals surface area contributed by atoms with Crippen LogP contribution in [-0.4, -0.2) is 71.5 Å². The van der Waals surface area contributed by atoms with E-state index in [0.29, 0.717) is 24.2 Å². The summed E-state index contributed by atoms with van der Waals surface area (Å²) in [7, 11) is 0. The highest BCUT2D eigenvalue weighted by Gasteiger charge is 2.27. The lowest BCUT2D eigenvalue weighted by molar-refractivity contribution is -0.144. The molecule has 34 heavy (non-hydrogen) atoms. The molecule has 1 aliphatic heterocycles. The average Bonchev–Trinajstić information content (AvgIpc) is 2.85. The summed E-state index contributed by atoms with van der Waals surface area (Å²) in [5.74, 6) is -0.987. The lowest BCUT2D eigenvalue weighted by Crippen LogP contribution is -2.53. The predicted octanol–water partition coefficient (Wildman–Crippen LogP) is 0.635. The van der Waals surface area contributed by atoms with Gasteiger partial charge in [0.2, 0.25) is 11.8 Å². The zero-order valence-corrected chi connectivity index (χ0v) is 18.9. The van der Waals surface area contributed by atoms with E-state index in [0.717, 1.165) is 5.69 Å². The SMILES string of the molecule is CCOC(=O)CC(NC(=O)CN1CCN(c2ccc(/C(N)=N\O)cc2)CC1=O)c1cccnc1. The number of ether oxygens (including phenoxy) is 1. The second-order valence-electron chi connectivity index (χ2n) is 7.68. The van der Waals surface area contributed by atoms with Crippen LogP contribution in [-0.2, 0) is 19.1 Å². The van der Waals surface area contributed by atoms with Crippen LogP contribution in [0.2, 0.25) is 0 Å². The molecular formula is C23H28N6O5. The van der Waals surface area contributed by atoms with Crippen LogP contribution in [0, 0.1) is 0 Å². The molecule has 0 spiro atoms. The molecule has 1 fully saturated rings. The number of nitrogens with one attached hydrogen (secondary N) is 1. The van der Waals surface area contributed by atoms with Crippen molar-refractivity contribution in [3.05, 3.63) is 59.9 Å². The summed E-state index contributed by atoms with van der Waals surface area (Å²) in [5.41, 5.74) is 7.64. The summed E-state index contributed by atoms with van der Waals surface area (Å²) in [6, 6.07) is 9.87. The van der Waals surface area contributed by atoms with E-state index in [1.807, 2.05) is 4.90 Å². The largest absolute Gasteiger partial charge is 0.466 e. The zero-order chi connectivity index (χ0) is 24.5. The summed E-state index contributed by atoms with van der Waals surface area (Å²) in [6.45, 7) is 2.87. The minimum Gasteiger partial charge on any atom is -0.466 e. The van der Waals surface area contributed by atoms with E-state index in [1.54, 1.807) is 55.7 Å². The van der Waals surface area contributed by atoms with Crippen molar-refractivity contribution in [2.24, 2.45) is 10.9 Å². The Bertz CT molecular complexity index is 1030. The van der Waals surface area contributed by atoms with Gasteiger partial charge in [-0.15, -0.1) is 0 Å². The zero-order valence-electron chi connectivity index (χ0n) is 18.9. The van der Waals surface area contributed by atoms with Gasteiger partial charge in [0.1, 0.15) is 0 Å². The number of esters is 1. The molecule has 1 aromatic heterocycles. The molecular weight excluding hydrogens is 440 g/mol. The van der Waals surface area contributed by atoms with Gasteiger partial charge in [-0.25, -0.2) is 0 Å². The quantitative estimate of drug-likeness (QED) is 0.159. The fourth-order valence-electron chi connectivity index (χ4n) is 3.63. The van der Waals surface area contributed by atoms with E-state index >= 15 is 0 Å². The van der Waals surface area contributed by atoms with Gasteiger partial charge in [0.05, 0.1) is 32.2 Å². The average molecular weight is 469 g/mol. The number of hydrogen-bond acceptors (Lipinski definition) is 8. The monoisotopic (exact) mass is 468 g/mol. The van der Waals surface area contributed by atoms with Gasteiger partial charge < -0.3 is 30.8 Å². The molecule has 1 aromatic carbocycles. The van der Waals surface area contributed by atoms with E-state index in [9.17, 15) is 14.4 Å². The molecule has 4 N–H and O–H groups in total. The highest BCUT2D eigenvalue weighted by atomic mass is 16.5. The molecule has 1 unspecified atom stereocenters. The summed E-state index contributed by atoms with van der Waals surface area (Å²) in [4.78, 5) is 44.9. The van der Waals surface area contributed by atoms with Crippen molar-refractivity contribution in [1.82, 2.24) is 15.2 Å². The van der Waals surface area contributed by atoms with Gasteiger partial charge in [-0.05, 0) is 42.8 Å². The number of carbonyl (C=O) groups excluding carboxylic acids is 3. The Morgan fingerprint density at radius 3 is 2.65 bits per heavy atom. The number of amidine groups is 1. The maximum absolute atomic E-state index is 12.7. The smallest absolute Gasteiger partial charge is 0.308 e. The molecule has 2 aromatic rings. The Labute approximate surface area is 197 Å². The van der Waals surface area contributed by atoms with E-state index in [-0.39, 0.29) is 43.8 Å². The third kappa shape index (κ3) is 6.44. The molecule has 1 saturated heterocycles. The molecule has 0 radical (unpaired) electrons. The van der Waals surface area contributed by atoms with Gasteiger partial charge in [-0.2, -0.15) is 0 Å². The van der Waals surface area contributed by atoms with Crippen molar-refractivity contribution in [3.8, 4) is 0 Å². The molecule has 11 nitrogen and oxygen atoms in total. The molecule has 1 atom stereocenters. The number of piperazine rings is 1. The summed E-state index contributed by atoms with van der Waals surface area (Å²) >= 11 is 0. The maximum Gasteiger partial charge on any atom is 0.308 e. The van der Waals surface area contributed by atoms with Crippen molar-refractivity contribution in [2.45, 2.75) is 19.4 Å². The van der Waals surface area contributed by atoms with Gasteiger partial charge >= 0.3 is 5.97 Å². The van der Waals surface area contributed by atoms with E-state index in [2.05, 4.69) is 15.5 Å². The van der Waals surface area contributed by atoms with Crippen LogP contribution >= 0.6 is 0 Å². The van der Waals surface area contributed by atoms with Crippen molar-refractivity contribution < 1.29 is 24.3 Å². The van der Waals surface area contributed by atoms with Gasteiger partial charge in [-0.3, -0.25) is 19.4 Å². The third-order valence-electron chi connectivity index (χ3n) is 5.39. The first-order chi connectivity index (χ1) is 16.4. The number of rotatable bonds is 9. The number of anilines is 1. The second kappa shape index (κ2) is 11.6. The summed E-state index contributed by atoms with van der Waals surface area (Å²) in [5, 5.41) is 14.6. The molecule has 1 aliphatic rings. The van der Waals surface area contributed by atoms with Crippen LogP contribution < -0.4 is 16.0 Å². The van der Waals surface area contributed by atoms with Crippen molar-refractivity contribution in [1.29, 1.82) is 0 Å². The van der Waals surface area contributed by atoms with E-state index < -0.39 is 12.0 Å². The minimum absolute atomic E-state index is 0.00556. The highest BCUT2D eigenvalue weighted by molar-refractivity contribution is 5.97. The number of carbonyl (C=O) groups is 3. The number of oxime groups is 1. The fourth-order valence-corrected chi connectivity index (χ4v) is 3.63. The van der Waals surface area contributed by atoms with Gasteiger partial charge in [-0.1, -0.05) is 11.2 Å². The van der Waals surface area contributed by atoms with Crippen LogP contribution in [0.25, 0.3) is 0 Å². The number of amides is 2. The van der Waals surface area contributed by atoms with Crippen molar-refractivity contribution in [2.75, 3.05) is 37.7 Å². The lowest BCUT2D eigenvalue weighted by Gasteiger charge is -2.35. The lowest BCUT2D eigenvalue weighted by atomic mass is 10.1. The molecule has 0 saturated carbocycles. The molecule has 0 bridgehead atoms. The van der Waals surface area contributed by atoms with Crippen LogP contribution in [0.3, 0.4) is 0 Å².